The number of nitrogens with one attached hydrogen (secondary N) is 1. The van der Waals surface area contributed by atoms with Crippen molar-refractivity contribution in [3.8, 4) is 0 Å². The van der Waals surface area contributed by atoms with E-state index in [-0.39, 0.29) is 5.91 Å². The van der Waals surface area contributed by atoms with Crippen LogP contribution in [0.1, 0.15) is 17.1 Å². The molecule has 31 heavy (non-hydrogen) atoms. The second kappa shape index (κ2) is 11.8. The molecular formula is C19H25F3N4O4S. The molecule has 0 aromatic carbocycles. The number of thiazole rings is 1. The van der Waals surface area contributed by atoms with Crippen LogP contribution in [0.25, 0.3) is 0 Å². The van der Waals surface area contributed by atoms with Crippen LogP contribution in [0.5, 0.6) is 0 Å². The number of halogens is 3. The first-order valence-electron chi connectivity index (χ1n) is 9.49. The lowest BCUT2D eigenvalue weighted by atomic mass is 10.0. The van der Waals surface area contributed by atoms with Crippen molar-refractivity contribution < 1.29 is 32.6 Å². The molecular weight excluding hydrogens is 437 g/mol. The third-order valence-electron chi connectivity index (χ3n) is 4.47. The number of carboxylic acid groups (broad SMARTS) is 1. The van der Waals surface area contributed by atoms with Gasteiger partial charge in [-0.1, -0.05) is 0 Å². The summed E-state index contributed by atoms with van der Waals surface area (Å²) in [6, 6.07) is 4.24. The molecule has 1 aliphatic rings. The molecule has 2 aromatic heterocycles. The van der Waals surface area contributed by atoms with Crippen molar-refractivity contribution in [1.82, 2.24) is 19.8 Å². The average molecular weight is 462 g/mol. The molecule has 172 valence electrons. The molecule has 1 unspecified atom stereocenters. The van der Waals surface area contributed by atoms with Gasteiger partial charge >= 0.3 is 12.1 Å². The Labute approximate surface area is 181 Å². The fraction of sp³-hybridized carbons (Fsp3) is 0.526. The van der Waals surface area contributed by atoms with Gasteiger partial charge in [-0.2, -0.15) is 13.2 Å². The molecule has 0 saturated carbocycles. The van der Waals surface area contributed by atoms with Crippen LogP contribution in [0, 0.1) is 5.92 Å². The summed E-state index contributed by atoms with van der Waals surface area (Å²) >= 11 is 1.68. The van der Waals surface area contributed by atoms with Crippen molar-refractivity contribution >= 4 is 23.2 Å². The fourth-order valence-electron chi connectivity index (χ4n) is 3.16. The van der Waals surface area contributed by atoms with Gasteiger partial charge in [0.05, 0.1) is 13.2 Å². The maximum Gasteiger partial charge on any atom is 0.490 e. The van der Waals surface area contributed by atoms with Gasteiger partial charge in [0, 0.05) is 63.2 Å². The number of nitrogens with zero attached hydrogens (tertiary/aromatic N) is 3. The number of hydrogen-bond donors (Lipinski definition) is 2. The summed E-state index contributed by atoms with van der Waals surface area (Å²) < 4.78 is 39.0. The topological polar surface area (TPSA) is 96.7 Å². The number of ether oxygens (including phenoxy) is 1. The Morgan fingerprint density at radius 3 is 2.74 bits per heavy atom. The van der Waals surface area contributed by atoms with Crippen LogP contribution >= 0.6 is 11.3 Å². The van der Waals surface area contributed by atoms with Crippen LogP contribution in [-0.4, -0.2) is 64.4 Å². The van der Waals surface area contributed by atoms with E-state index in [9.17, 15) is 18.0 Å². The third kappa shape index (κ3) is 8.67. The van der Waals surface area contributed by atoms with Gasteiger partial charge in [-0.05, 0) is 18.1 Å². The molecule has 0 fully saturated rings. The predicted molar refractivity (Wildman–Crippen MR) is 107 cm³/mol. The first-order valence-corrected chi connectivity index (χ1v) is 10.4. The van der Waals surface area contributed by atoms with Gasteiger partial charge in [-0.3, -0.25) is 9.69 Å². The van der Waals surface area contributed by atoms with E-state index >= 15 is 0 Å². The van der Waals surface area contributed by atoms with Gasteiger partial charge in [0.1, 0.15) is 5.01 Å². The van der Waals surface area contributed by atoms with Crippen molar-refractivity contribution in [1.29, 1.82) is 0 Å². The number of carbonyl (C=O) groups excluding carboxylic acids is 1. The largest absolute Gasteiger partial charge is 0.490 e. The maximum atomic E-state index is 12.2. The van der Waals surface area contributed by atoms with E-state index in [2.05, 4.69) is 38.1 Å². The first-order chi connectivity index (χ1) is 14.7. The fourth-order valence-corrected chi connectivity index (χ4v) is 3.82. The molecule has 12 heteroatoms. The molecule has 2 aromatic rings. The van der Waals surface area contributed by atoms with Crippen molar-refractivity contribution in [2.24, 2.45) is 5.92 Å². The highest BCUT2D eigenvalue weighted by molar-refractivity contribution is 7.09. The number of alkyl halides is 3. The van der Waals surface area contributed by atoms with E-state index in [1.165, 1.54) is 5.69 Å². The number of fused-ring (bicyclic) bond motifs is 1. The summed E-state index contributed by atoms with van der Waals surface area (Å²) in [6.07, 6.45) is -0.588. The Bertz CT molecular complexity index is 826. The molecule has 0 saturated heterocycles. The lowest BCUT2D eigenvalue weighted by Crippen LogP contribution is -2.33. The predicted octanol–water partition coefficient (Wildman–Crippen LogP) is 2.36. The number of amides is 1. The molecule has 1 amide bonds. The average Bonchev–Trinajstić information content (AvgIpc) is 3.31. The molecule has 1 aliphatic heterocycles. The van der Waals surface area contributed by atoms with Gasteiger partial charge in [0.2, 0.25) is 5.91 Å². The summed E-state index contributed by atoms with van der Waals surface area (Å²) in [5.74, 6) is -2.37. The van der Waals surface area contributed by atoms with E-state index in [1.54, 1.807) is 18.4 Å². The monoisotopic (exact) mass is 462 g/mol. The Kier molecular flexibility index (Phi) is 9.46. The van der Waals surface area contributed by atoms with Gasteiger partial charge in [0.15, 0.2) is 0 Å². The molecule has 2 N–H and O–H groups in total. The Hall–Kier alpha value is -2.44. The highest BCUT2D eigenvalue weighted by Crippen LogP contribution is 2.21. The normalized spacial score (nSPS) is 16.6. The molecule has 3 rings (SSSR count). The van der Waals surface area contributed by atoms with Crippen LogP contribution in [0.3, 0.4) is 0 Å². The number of carboxylic acids is 1. The zero-order chi connectivity index (χ0) is 22.9. The standard InChI is InChI=1S/C17H24N4O2S.C2HF3O2/c1-23-7-4-18-16(22)9-14-10-20(13-17-19-5-8-24-17)12-15-3-2-6-21(15)11-14;3-2(4,5)1(6)7/h2-3,5-6,8,14H,4,7,9-13H2,1H3,(H,18,22);(H,6,7). The number of rotatable bonds is 7. The smallest absolute Gasteiger partial charge is 0.475 e. The van der Waals surface area contributed by atoms with Gasteiger partial charge < -0.3 is 19.7 Å². The molecule has 0 radical (unpaired) electrons. The summed E-state index contributed by atoms with van der Waals surface area (Å²) in [4.78, 5) is 27.9. The van der Waals surface area contributed by atoms with E-state index in [4.69, 9.17) is 14.6 Å². The molecule has 1 atom stereocenters. The summed E-state index contributed by atoms with van der Waals surface area (Å²) in [7, 11) is 1.64. The van der Waals surface area contributed by atoms with Crippen molar-refractivity contribution in [3.05, 3.63) is 40.6 Å². The Morgan fingerprint density at radius 2 is 2.13 bits per heavy atom. The van der Waals surface area contributed by atoms with E-state index in [0.29, 0.717) is 25.5 Å². The van der Waals surface area contributed by atoms with Crippen LogP contribution in [0.2, 0.25) is 0 Å². The summed E-state index contributed by atoms with van der Waals surface area (Å²) in [5.41, 5.74) is 1.30. The Balaban J connectivity index is 0.000000423. The second-order valence-electron chi connectivity index (χ2n) is 6.96. The van der Waals surface area contributed by atoms with Gasteiger partial charge in [-0.25, -0.2) is 9.78 Å². The quantitative estimate of drug-likeness (QED) is 0.614. The molecule has 0 spiro atoms. The Morgan fingerprint density at radius 1 is 1.39 bits per heavy atom. The number of aromatic nitrogens is 2. The van der Waals surface area contributed by atoms with Gasteiger partial charge in [0.25, 0.3) is 0 Å². The maximum absolute atomic E-state index is 12.2. The summed E-state index contributed by atoms with van der Waals surface area (Å²) in [5, 5.41) is 13.2. The van der Waals surface area contributed by atoms with Crippen LogP contribution in [-0.2, 0) is 34.0 Å². The SMILES string of the molecule is COCCNC(=O)CC1CN(Cc2nccs2)Cc2cccn2C1.O=C(O)C(F)(F)F. The van der Waals surface area contributed by atoms with E-state index in [0.717, 1.165) is 31.2 Å². The van der Waals surface area contributed by atoms with Crippen molar-refractivity contribution in [3.63, 3.8) is 0 Å². The lowest BCUT2D eigenvalue weighted by molar-refractivity contribution is -0.192. The van der Waals surface area contributed by atoms with E-state index < -0.39 is 12.1 Å². The zero-order valence-corrected chi connectivity index (χ0v) is 17.8. The second-order valence-corrected chi connectivity index (χ2v) is 7.94. The van der Waals surface area contributed by atoms with Crippen LogP contribution in [0.4, 0.5) is 13.2 Å². The molecule has 0 bridgehead atoms. The van der Waals surface area contributed by atoms with Gasteiger partial charge in [-0.15, -0.1) is 11.3 Å². The minimum absolute atomic E-state index is 0.0989. The molecule has 0 aliphatic carbocycles. The first kappa shape index (κ1) is 24.8. The minimum atomic E-state index is -5.08. The molecule has 3 heterocycles. The number of aliphatic carboxylic acids is 1. The van der Waals surface area contributed by atoms with Crippen molar-refractivity contribution in [2.75, 3.05) is 26.8 Å². The van der Waals surface area contributed by atoms with Crippen LogP contribution in [0.15, 0.2) is 29.9 Å². The molecule has 8 nitrogen and oxygen atoms in total. The number of hydrogen-bond acceptors (Lipinski definition) is 6. The zero-order valence-electron chi connectivity index (χ0n) is 17.0. The highest BCUT2D eigenvalue weighted by atomic mass is 32.1. The van der Waals surface area contributed by atoms with Crippen molar-refractivity contribution in [2.45, 2.75) is 32.2 Å². The lowest BCUT2D eigenvalue weighted by Gasteiger charge is -2.22. The third-order valence-corrected chi connectivity index (χ3v) is 5.23. The number of methoxy groups -OCH3 is 1. The number of carbonyl (C=O) groups is 2. The summed E-state index contributed by atoms with van der Waals surface area (Å²) in [6.45, 7) is 4.64. The van der Waals surface area contributed by atoms with Crippen LogP contribution < -0.4 is 5.32 Å². The minimum Gasteiger partial charge on any atom is -0.475 e. The van der Waals surface area contributed by atoms with E-state index in [1.807, 2.05) is 11.6 Å². The highest BCUT2D eigenvalue weighted by Gasteiger charge is 2.38.